The summed E-state index contributed by atoms with van der Waals surface area (Å²) in [6, 6.07) is 8.73. The van der Waals surface area contributed by atoms with Crippen LogP contribution in [-0.2, 0) is 9.53 Å². The van der Waals surface area contributed by atoms with Gasteiger partial charge >= 0.3 is 5.97 Å². The van der Waals surface area contributed by atoms with E-state index in [2.05, 4.69) is 27.9 Å². The number of ether oxygens (including phenoxy) is 1. The Kier molecular flexibility index (Phi) is 6.14. The lowest BCUT2D eigenvalue weighted by Gasteiger charge is -2.05. The molecule has 0 unspecified atom stereocenters. The SMILES string of the molecule is N#CCCNC(=O)COC(=O)c1ccc(I)cc1. The predicted molar refractivity (Wildman–Crippen MR) is 72.7 cm³/mol. The summed E-state index contributed by atoms with van der Waals surface area (Å²) >= 11 is 2.13. The van der Waals surface area contributed by atoms with E-state index in [9.17, 15) is 9.59 Å². The number of nitrogens with one attached hydrogen (secondary N) is 1. The minimum Gasteiger partial charge on any atom is -0.452 e. The first-order valence-corrected chi connectivity index (χ1v) is 6.27. The van der Waals surface area contributed by atoms with Crippen molar-refractivity contribution in [1.82, 2.24) is 5.32 Å². The van der Waals surface area contributed by atoms with E-state index in [4.69, 9.17) is 10.00 Å². The third-order valence-electron chi connectivity index (χ3n) is 1.97. The highest BCUT2D eigenvalue weighted by Gasteiger charge is 2.09. The average molecular weight is 358 g/mol. The fraction of sp³-hybridized carbons (Fsp3) is 0.250. The molecule has 0 heterocycles. The number of rotatable bonds is 5. The van der Waals surface area contributed by atoms with Crippen molar-refractivity contribution in [2.45, 2.75) is 6.42 Å². The number of nitriles is 1. The van der Waals surface area contributed by atoms with Crippen LogP contribution in [0.2, 0.25) is 0 Å². The van der Waals surface area contributed by atoms with Crippen molar-refractivity contribution in [1.29, 1.82) is 5.26 Å². The Hall–Kier alpha value is -1.62. The highest BCUT2D eigenvalue weighted by Crippen LogP contribution is 2.07. The van der Waals surface area contributed by atoms with Gasteiger partial charge in [-0.25, -0.2) is 4.79 Å². The lowest BCUT2D eigenvalue weighted by molar-refractivity contribution is -0.124. The molecule has 0 bridgehead atoms. The van der Waals surface area contributed by atoms with E-state index < -0.39 is 11.9 Å². The quantitative estimate of drug-likeness (QED) is 0.491. The van der Waals surface area contributed by atoms with Gasteiger partial charge in [0.25, 0.3) is 5.91 Å². The Bertz CT molecular complexity index is 465. The van der Waals surface area contributed by atoms with Crippen molar-refractivity contribution >= 4 is 34.5 Å². The Balaban J connectivity index is 2.35. The van der Waals surface area contributed by atoms with Crippen LogP contribution in [0, 0.1) is 14.9 Å². The van der Waals surface area contributed by atoms with E-state index in [-0.39, 0.29) is 19.6 Å². The summed E-state index contributed by atoms with van der Waals surface area (Å²) in [5, 5.41) is 10.7. The zero-order valence-electron chi connectivity index (χ0n) is 9.48. The maximum Gasteiger partial charge on any atom is 0.338 e. The van der Waals surface area contributed by atoms with Crippen LogP contribution < -0.4 is 5.32 Å². The molecule has 0 aliphatic carbocycles. The molecule has 1 N–H and O–H groups in total. The molecule has 1 rings (SSSR count). The number of benzene rings is 1. The van der Waals surface area contributed by atoms with Crippen molar-refractivity contribution in [3.05, 3.63) is 33.4 Å². The molecule has 18 heavy (non-hydrogen) atoms. The molecular formula is C12H11IN2O3. The Morgan fingerprint density at radius 3 is 2.61 bits per heavy atom. The van der Waals surface area contributed by atoms with Crippen molar-refractivity contribution < 1.29 is 14.3 Å². The smallest absolute Gasteiger partial charge is 0.338 e. The van der Waals surface area contributed by atoms with Gasteiger partial charge in [0.15, 0.2) is 6.61 Å². The number of halogens is 1. The molecule has 0 aliphatic heterocycles. The Morgan fingerprint density at radius 1 is 1.33 bits per heavy atom. The summed E-state index contributed by atoms with van der Waals surface area (Å²) < 4.78 is 5.84. The average Bonchev–Trinajstić information content (AvgIpc) is 2.37. The van der Waals surface area contributed by atoms with Gasteiger partial charge in [-0.3, -0.25) is 4.79 Å². The highest BCUT2D eigenvalue weighted by atomic mass is 127. The van der Waals surface area contributed by atoms with Gasteiger partial charge < -0.3 is 10.1 Å². The number of carbonyl (C=O) groups is 2. The standard InChI is InChI=1S/C12H11IN2O3/c13-10-4-2-9(3-5-10)12(17)18-8-11(16)15-7-1-6-14/h2-5H,1,7-8H2,(H,15,16). The van der Waals surface area contributed by atoms with Crippen LogP contribution in [0.5, 0.6) is 0 Å². The largest absolute Gasteiger partial charge is 0.452 e. The molecule has 0 fully saturated rings. The van der Waals surface area contributed by atoms with E-state index >= 15 is 0 Å². The molecular weight excluding hydrogens is 347 g/mol. The highest BCUT2D eigenvalue weighted by molar-refractivity contribution is 14.1. The van der Waals surface area contributed by atoms with Crippen molar-refractivity contribution in [3.8, 4) is 6.07 Å². The first-order valence-electron chi connectivity index (χ1n) is 5.20. The molecule has 1 aromatic carbocycles. The predicted octanol–water partition coefficient (Wildman–Crippen LogP) is 1.48. The topological polar surface area (TPSA) is 79.2 Å². The van der Waals surface area contributed by atoms with Crippen LogP contribution in [0.4, 0.5) is 0 Å². The number of amides is 1. The number of esters is 1. The molecule has 6 heteroatoms. The molecule has 1 amide bonds. The summed E-state index contributed by atoms with van der Waals surface area (Å²) in [4.78, 5) is 22.7. The second kappa shape index (κ2) is 7.66. The van der Waals surface area contributed by atoms with Crippen LogP contribution >= 0.6 is 22.6 Å². The molecule has 94 valence electrons. The summed E-state index contributed by atoms with van der Waals surface area (Å²) in [5.74, 6) is -0.953. The molecule has 0 spiro atoms. The van der Waals surface area contributed by atoms with Crippen LogP contribution in [-0.4, -0.2) is 25.0 Å². The van der Waals surface area contributed by atoms with Gasteiger partial charge in [0.2, 0.25) is 0 Å². The zero-order chi connectivity index (χ0) is 13.4. The summed E-state index contributed by atoms with van der Waals surface area (Å²) in [6.45, 7) is -0.0767. The van der Waals surface area contributed by atoms with E-state index in [0.29, 0.717) is 5.56 Å². The van der Waals surface area contributed by atoms with Crippen molar-refractivity contribution in [2.75, 3.05) is 13.2 Å². The number of carbonyl (C=O) groups excluding carboxylic acids is 2. The van der Waals surface area contributed by atoms with Crippen LogP contribution in [0.25, 0.3) is 0 Å². The third kappa shape index (κ3) is 5.14. The molecule has 0 radical (unpaired) electrons. The molecule has 5 nitrogen and oxygen atoms in total. The molecule has 0 aliphatic rings. The number of hydrogen-bond acceptors (Lipinski definition) is 4. The van der Waals surface area contributed by atoms with Gasteiger partial charge in [-0.2, -0.15) is 5.26 Å². The normalized spacial score (nSPS) is 9.33. The van der Waals surface area contributed by atoms with Gasteiger partial charge in [0.1, 0.15) is 0 Å². The minimum absolute atomic E-state index is 0.233. The third-order valence-corrected chi connectivity index (χ3v) is 2.69. The molecule has 0 atom stereocenters. The van der Waals surface area contributed by atoms with Gasteiger partial charge in [0, 0.05) is 10.1 Å². The Labute approximate surface area is 118 Å². The van der Waals surface area contributed by atoms with E-state index in [1.165, 1.54) is 0 Å². The van der Waals surface area contributed by atoms with Crippen molar-refractivity contribution in [2.24, 2.45) is 0 Å². The Morgan fingerprint density at radius 2 is 2.00 bits per heavy atom. The van der Waals surface area contributed by atoms with E-state index in [1.54, 1.807) is 24.3 Å². The molecule has 0 saturated carbocycles. The molecule has 0 saturated heterocycles. The fourth-order valence-corrected chi connectivity index (χ4v) is 1.47. The summed E-state index contributed by atoms with van der Waals surface area (Å²) in [7, 11) is 0. The molecule has 0 aromatic heterocycles. The monoisotopic (exact) mass is 358 g/mol. The maximum absolute atomic E-state index is 11.5. The lowest BCUT2D eigenvalue weighted by Crippen LogP contribution is -2.29. The van der Waals surface area contributed by atoms with Gasteiger partial charge in [0.05, 0.1) is 18.1 Å². The fourth-order valence-electron chi connectivity index (χ4n) is 1.11. The summed E-state index contributed by atoms with van der Waals surface area (Å²) in [5.41, 5.74) is 0.403. The minimum atomic E-state index is -0.540. The number of hydrogen-bond donors (Lipinski definition) is 1. The van der Waals surface area contributed by atoms with Gasteiger partial charge in [-0.05, 0) is 46.9 Å². The second-order valence-corrected chi connectivity index (χ2v) is 4.59. The van der Waals surface area contributed by atoms with Crippen LogP contribution in [0.1, 0.15) is 16.8 Å². The first kappa shape index (κ1) is 14.4. The van der Waals surface area contributed by atoms with Gasteiger partial charge in [-0.1, -0.05) is 0 Å². The van der Waals surface area contributed by atoms with Crippen LogP contribution in [0.15, 0.2) is 24.3 Å². The van der Waals surface area contributed by atoms with Gasteiger partial charge in [-0.15, -0.1) is 0 Å². The second-order valence-electron chi connectivity index (χ2n) is 3.34. The zero-order valence-corrected chi connectivity index (χ0v) is 11.6. The van der Waals surface area contributed by atoms with E-state index in [1.807, 2.05) is 6.07 Å². The van der Waals surface area contributed by atoms with E-state index in [0.717, 1.165) is 3.57 Å². The van der Waals surface area contributed by atoms with Crippen LogP contribution in [0.3, 0.4) is 0 Å². The first-order chi connectivity index (χ1) is 8.63. The lowest BCUT2D eigenvalue weighted by atomic mass is 10.2. The maximum atomic E-state index is 11.5. The van der Waals surface area contributed by atoms with Crippen molar-refractivity contribution in [3.63, 3.8) is 0 Å². The molecule has 1 aromatic rings. The summed E-state index contributed by atoms with van der Waals surface area (Å²) in [6.07, 6.45) is 0.233. The number of nitrogens with zero attached hydrogens (tertiary/aromatic N) is 1.